The van der Waals surface area contributed by atoms with Gasteiger partial charge in [0.05, 0.1) is 0 Å². The predicted molar refractivity (Wildman–Crippen MR) is 65.8 cm³/mol. The Morgan fingerprint density at radius 1 is 1.64 bits per heavy atom. The van der Waals surface area contributed by atoms with Gasteiger partial charge in [0, 0.05) is 23.1 Å². The van der Waals surface area contributed by atoms with E-state index in [1.54, 1.807) is 0 Å². The summed E-state index contributed by atoms with van der Waals surface area (Å²) in [6, 6.07) is 0. The minimum atomic E-state index is 0.214. The molecule has 1 saturated heterocycles. The van der Waals surface area contributed by atoms with Crippen molar-refractivity contribution in [2.24, 2.45) is 5.73 Å². The highest BCUT2D eigenvalue weighted by atomic mass is 32.2. The van der Waals surface area contributed by atoms with Crippen molar-refractivity contribution in [3.05, 3.63) is 12.2 Å². The highest BCUT2D eigenvalue weighted by molar-refractivity contribution is 8.00. The van der Waals surface area contributed by atoms with Crippen LogP contribution in [-0.4, -0.2) is 29.6 Å². The van der Waals surface area contributed by atoms with Crippen LogP contribution in [0.15, 0.2) is 12.2 Å². The fraction of sp³-hybridized carbons (Fsp3) is 0.818. The molecular formula is C11H22N2S. The smallest absolute Gasteiger partial charge is 0.0405 e. The number of nitrogens with one attached hydrogen (secondary N) is 1. The van der Waals surface area contributed by atoms with Crippen LogP contribution in [0.25, 0.3) is 0 Å². The molecule has 0 aliphatic carbocycles. The van der Waals surface area contributed by atoms with Crippen molar-refractivity contribution in [2.45, 2.75) is 37.5 Å². The number of hydrogen-bond acceptors (Lipinski definition) is 3. The van der Waals surface area contributed by atoms with E-state index in [9.17, 15) is 0 Å². The summed E-state index contributed by atoms with van der Waals surface area (Å²) in [5.74, 6) is 1.17. The monoisotopic (exact) mass is 214 g/mol. The summed E-state index contributed by atoms with van der Waals surface area (Å²) in [4.78, 5) is 0. The lowest BCUT2D eigenvalue weighted by atomic mass is 9.96. The van der Waals surface area contributed by atoms with Crippen molar-refractivity contribution in [1.29, 1.82) is 0 Å². The number of hydrogen-bond donors (Lipinski definition) is 2. The molecule has 0 spiro atoms. The van der Waals surface area contributed by atoms with Gasteiger partial charge in [0.2, 0.25) is 0 Å². The predicted octanol–water partition coefficient (Wildman–Crippen LogP) is 1.77. The number of thioether (sulfide) groups is 1. The van der Waals surface area contributed by atoms with Crippen molar-refractivity contribution in [1.82, 2.24) is 5.32 Å². The van der Waals surface area contributed by atoms with Crippen molar-refractivity contribution in [2.75, 3.05) is 18.8 Å². The quantitative estimate of drug-likeness (QED) is 0.541. The Balaban J connectivity index is 2.31. The molecular weight excluding hydrogens is 192 g/mol. The number of nitrogens with two attached hydrogens (primary N) is 1. The van der Waals surface area contributed by atoms with Crippen LogP contribution in [0.5, 0.6) is 0 Å². The molecule has 0 saturated carbocycles. The van der Waals surface area contributed by atoms with Crippen LogP contribution in [0.3, 0.4) is 0 Å². The Morgan fingerprint density at radius 3 is 2.93 bits per heavy atom. The zero-order chi connectivity index (χ0) is 10.4. The molecule has 82 valence electrons. The third-order valence-electron chi connectivity index (χ3n) is 2.76. The molecule has 1 rings (SSSR count). The van der Waals surface area contributed by atoms with Gasteiger partial charge in [-0.3, -0.25) is 0 Å². The van der Waals surface area contributed by atoms with Gasteiger partial charge in [-0.25, -0.2) is 0 Å². The van der Waals surface area contributed by atoms with E-state index in [0.717, 1.165) is 24.8 Å². The summed E-state index contributed by atoms with van der Waals surface area (Å²) >= 11 is 2.03. The molecule has 0 bridgehead atoms. The van der Waals surface area contributed by atoms with E-state index in [4.69, 9.17) is 5.73 Å². The van der Waals surface area contributed by atoms with Gasteiger partial charge in [0.1, 0.15) is 0 Å². The lowest BCUT2D eigenvalue weighted by molar-refractivity contribution is 0.365. The molecule has 1 fully saturated rings. The first kappa shape index (κ1) is 12.1. The van der Waals surface area contributed by atoms with E-state index in [1.165, 1.54) is 12.2 Å². The fourth-order valence-corrected chi connectivity index (χ4v) is 3.27. The highest BCUT2D eigenvalue weighted by Gasteiger charge is 2.35. The molecule has 3 heteroatoms. The first-order chi connectivity index (χ1) is 6.72. The van der Waals surface area contributed by atoms with Gasteiger partial charge in [-0.2, -0.15) is 11.8 Å². The number of rotatable bonds is 5. The average molecular weight is 214 g/mol. The normalized spacial score (nSPS) is 32.9. The molecule has 14 heavy (non-hydrogen) atoms. The van der Waals surface area contributed by atoms with Crippen LogP contribution in [0.2, 0.25) is 0 Å². The van der Waals surface area contributed by atoms with Crippen LogP contribution in [0.1, 0.15) is 26.7 Å². The lowest BCUT2D eigenvalue weighted by Crippen LogP contribution is -2.51. The molecule has 2 atom stereocenters. The summed E-state index contributed by atoms with van der Waals surface area (Å²) in [7, 11) is 0. The second-order valence-corrected chi connectivity index (χ2v) is 5.52. The van der Waals surface area contributed by atoms with Gasteiger partial charge in [-0.1, -0.05) is 19.1 Å². The molecule has 0 amide bonds. The maximum atomic E-state index is 5.85. The van der Waals surface area contributed by atoms with Crippen LogP contribution >= 0.6 is 11.8 Å². The van der Waals surface area contributed by atoms with Crippen LogP contribution in [0, 0.1) is 0 Å². The van der Waals surface area contributed by atoms with E-state index in [0.29, 0.717) is 0 Å². The van der Waals surface area contributed by atoms with Crippen molar-refractivity contribution in [3.63, 3.8) is 0 Å². The summed E-state index contributed by atoms with van der Waals surface area (Å²) in [6.45, 7) is 6.16. The van der Waals surface area contributed by atoms with Crippen LogP contribution in [-0.2, 0) is 0 Å². The zero-order valence-electron chi connectivity index (χ0n) is 9.25. The summed E-state index contributed by atoms with van der Waals surface area (Å²) in [6.07, 6.45) is 6.62. The molecule has 3 N–H and O–H groups in total. The highest BCUT2D eigenvalue weighted by Crippen LogP contribution is 2.33. The summed E-state index contributed by atoms with van der Waals surface area (Å²) in [5.41, 5.74) is 6.07. The zero-order valence-corrected chi connectivity index (χ0v) is 10.1. The molecule has 2 unspecified atom stereocenters. The summed E-state index contributed by atoms with van der Waals surface area (Å²) in [5, 5.41) is 4.37. The van der Waals surface area contributed by atoms with Crippen molar-refractivity contribution >= 4 is 11.8 Å². The van der Waals surface area contributed by atoms with E-state index < -0.39 is 0 Å². The Kier molecular flexibility index (Phi) is 4.99. The van der Waals surface area contributed by atoms with Gasteiger partial charge >= 0.3 is 0 Å². The third-order valence-corrected chi connectivity index (χ3v) is 4.21. The molecule has 1 aliphatic rings. The van der Waals surface area contributed by atoms with Gasteiger partial charge < -0.3 is 11.1 Å². The minimum absolute atomic E-state index is 0.214. The van der Waals surface area contributed by atoms with Crippen molar-refractivity contribution < 1.29 is 0 Å². The molecule has 0 aromatic heterocycles. The second kappa shape index (κ2) is 5.79. The molecule has 1 aliphatic heterocycles. The maximum Gasteiger partial charge on any atom is 0.0405 e. The molecule has 0 aromatic carbocycles. The first-order valence-corrected chi connectivity index (χ1v) is 6.45. The Bertz CT molecular complexity index is 194. The minimum Gasteiger partial charge on any atom is -0.329 e. The van der Waals surface area contributed by atoms with Crippen molar-refractivity contribution in [3.8, 4) is 0 Å². The Morgan fingerprint density at radius 2 is 2.43 bits per heavy atom. The SMILES string of the molecule is C/C=C/CCNC1(CN)CSC(C)C1. The van der Waals surface area contributed by atoms with Gasteiger partial charge in [0.25, 0.3) is 0 Å². The van der Waals surface area contributed by atoms with E-state index in [2.05, 4.69) is 31.3 Å². The van der Waals surface area contributed by atoms with Gasteiger partial charge in [-0.05, 0) is 26.3 Å². The van der Waals surface area contributed by atoms with E-state index in [1.807, 2.05) is 11.8 Å². The Hall–Kier alpha value is 0.0100. The molecule has 0 radical (unpaired) electrons. The van der Waals surface area contributed by atoms with E-state index >= 15 is 0 Å². The van der Waals surface area contributed by atoms with Gasteiger partial charge in [-0.15, -0.1) is 0 Å². The Labute approximate surface area is 91.7 Å². The van der Waals surface area contributed by atoms with E-state index in [-0.39, 0.29) is 5.54 Å². The largest absolute Gasteiger partial charge is 0.329 e. The summed E-state index contributed by atoms with van der Waals surface area (Å²) < 4.78 is 0. The fourth-order valence-electron chi connectivity index (χ4n) is 1.89. The van der Waals surface area contributed by atoms with Crippen LogP contribution in [0.4, 0.5) is 0 Å². The molecule has 2 nitrogen and oxygen atoms in total. The number of allylic oxidation sites excluding steroid dienone is 1. The maximum absolute atomic E-state index is 5.85. The third kappa shape index (κ3) is 3.30. The molecule has 1 heterocycles. The standard InChI is InChI=1S/C11H22N2S/c1-3-4-5-6-13-11(8-12)7-10(2)14-9-11/h3-4,10,13H,5-9,12H2,1-2H3/b4-3+. The average Bonchev–Trinajstić information content (AvgIpc) is 2.56. The van der Waals surface area contributed by atoms with Gasteiger partial charge in [0.15, 0.2) is 0 Å². The topological polar surface area (TPSA) is 38.0 Å². The van der Waals surface area contributed by atoms with Crippen LogP contribution < -0.4 is 11.1 Å². The first-order valence-electron chi connectivity index (χ1n) is 5.40. The second-order valence-electron chi connectivity index (χ2n) is 4.09. The lowest BCUT2D eigenvalue weighted by Gasteiger charge is -2.28. The molecule has 0 aromatic rings.